The summed E-state index contributed by atoms with van der Waals surface area (Å²) in [6.07, 6.45) is -6.14. The zero-order chi connectivity index (χ0) is 41.1. The maximum absolute atomic E-state index is 14.6. The number of aliphatic hydroxyl groups is 7. The van der Waals surface area contributed by atoms with Gasteiger partial charge >= 0.3 is 11.9 Å². The predicted octanol–water partition coefficient (Wildman–Crippen LogP) is 2.41. The highest BCUT2D eigenvalue weighted by atomic mass is 16.7. The minimum atomic E-state index is -1.79. The Morgan fingerprint density at radius 2 is 1.39 bits per heavy atom. The minimum Gasteiger partial charge on any atom is -0.479 e. The molecule has 0 radical (unpaired) electrons. The molecule has 56 heavy (non-hydrogen) atoms. The van der Waals surface area contributed by atoms with Crippen LogP contribution in [0.5, 0.6) is 0 Å². The molecule has 0 amide bonds. The maximum atomic E-state index is 14.6. The first-order chi connectivity index (χ1) is 26.0. The number of aliphatic carboxylic acids is 1. The lowest BCUT2D eigenvalue weighted by atomic mass is 9.33. The molecule has 0 aromatic heterocycles. The number of carbonyl (C=O) groups is 2. The summed E-state index contributed by atoms with van der Waals surface area (Å²) in [4.78, 5) is 26.4. The lowest BCUT2D eigenvalue weighted by Gasteiger charge is -2.71. The van der Waals surface area contributed by atoms with Gasteiger partial charge in [-0.05, 0) is 109 Å². The molecule has 2 saturated heterocycles. The fourth-order valence-electron chi connectivity index (χ4n) is 13.5. The van der Waals surface area contributed by atoms with Crippen molar-refractivity contribution >= 4 is 11.9 Å². The highest BCUT2D eigenvalue weighted by Crippen LogP contribution is 2.76. The van der Waals surface area contributed by atoms with E-state index in [9.17, 15) is 50.4 Å². The molecule has 318 valence electrons. The van der Waals surface area contributed by atoms with E-state index in [2.05, 4.69) is 54.5 Å². The number of rotatable bonds is 6. The SMILES string of the molecule is CC1(C)CC[C@]2(C(=O)O[C@@H]3O[C@H](CO)[C@@H](O)[C@H](O)[C@H]3O)CC[C@]3(C)C(=CCC4[C@@]5(C)CCC(O[C@@H]6O[C@H](C(=O)O)[C@@H](O)[C@H](O)[C@H]6O)C(C)(C)C5CC[C@]43C)[C@H]2C1. The molecule has 5 aliphatic carbocycles. The van der Waals surface area contributed by atoms with Gasteiger partial charge in [0.1, 0.15) is 42.7 Å². The second kappa shape index (κ2) is 14.2. The van der Waals surface area contributed by atoms with Crippen molar-refractivity contribution < 1.29 is 69.4 Å². The summed E-state index contributed by atoms with van der Waals surface area (Å²) in [5.74, 6) is -1.52. The van der Waals surface area contributed by atoms with Crippen LogP contribution in [0, 0.1) is 50.2 Å². The van der Waals surface area contributed by atoms with E-state index in [-0.39, 0.29) is 33.5 Å². The molecule has 14 nitrogen and oxygen atoms in total. The monoisotopic (exact) mass is 794 g/mol. The van der Waals surface area contributed by atoms with E-state index in [0.29, 0.717) is 25.2 Å². The molecular formula is C42H66O14. The van der Waals surface area contributed by atoms with E-state index in [1.807, 2.05) is 0 Å². The Labute approximate surface area is 329 Å². The van der Waals surface area contributed by atoms with Crippen molar-refractivity contribution in [3.8, 4) is 0 Å². The van der Waals surface area contributed by atoms with Gasteiger partial charge in [0.15, 0.2) is 12.4 Å². The molecule has 4 saturated carbocycles. The fourth-order valence-corrected chi connectivity index (χ4v) is 13.5. The fraction of sp³-hybridized carbons (Fsp3) is 0.905. The topological polar surface area (TPSA) is 233 Å². The number of esters is 1. The highest BCUT2D eigenvalue weighted by Gasteiger charge is 2.70. The molecule has 0 aromatic rings. The number of hydrogen-bond acceptors (Lipinski definition) is 13. The number of fused-ring (bicyclic) bond motifs is 7. The Hall–Kier alpha value is -1.72. The number of allylic oxidation sites excluding steroid dienone is 2. The second-order valence-corrected chi connectivity index (χ2v) is 20.7. The molecule has 0 bridgehead atoms. The zero-order valence-electron chi connectivity index (χ0n) is 34.0. The van der Waals surface area contributed by atoms with Crippen LogP contribution in [-0.4, -0.2) is 127 Å². The third-order valence-electron chi connectivity index (χ3n) is 17.2. The lowest BCUT2D eigenvalue weighted by Crippen LogP contribution is -2.66. The van der Waals surface area contributed by atoms with E-state index < -0.39 is 96.9 Å². The van der Waals surface area contributed by atoms with E-state index in [4.69, 9.17) is 18.9 Å². The molecule has 14 heteroatoms. The number of carbonyl (C=O) groups excluding carboxylic acids is 1. The smallest absolute Gasteiger partial charge is 0.335 e. The summed E-state index contributed by atoms with van der Waals surface area (Å²) >= 11 is 0. The van der Waals surface area contributed by atoms with Crippen LogP contribution in [0.1, 0.15) is 113 Å². The van der Waals surface area contributed by atoms with Gasteiger partial charge in [-0.1, -0.05) is 60.1 Å². The van der Waals surface area contributed by atoms with Crippen molar-refractivity contribution in [3.63, 3.8) is 0 Å². The van der Waals surface area contributed by atoms with Gasteiger partial charge in [-0.15, -0.1) is 0 Å². The summed E-state index contributed by atoms with van der Waals surface area (Å²) < 4.78 is 23.5. The van der Waals surface area contributed by atoms with Gasteiger partial charge in [-0.3, -0.25) is 4.79 Å². The summed E-state index contributed by atoms with van der Waals surface area (Å²) in [7, 11) is 0. The minimum absolute atomic E-state index is 0.0330. The molecular weight excluding hydrogens is 728 g/mol. The Bertz CT molecular complexity index is 1560. The van der Waals surface area contributed by atoms with Crippen molar-refractivity contribution in [2.24, 2.45) is 50.2 Å². The maximum Gasteiger partial charge on any atom is 0.335 e. The Morgan fingerprint density at radius 1 is 0.750 bits per heavy atom. The zero-order valence-corrected chi connectivity index (χ0v) is 34.0. The van der Waals surface area contributed by atoms with Crippen LogP contribution >= 0.6 is 0 Å². The predicted molar refractivity (Wildman–Crippen MR) is 198 cm³/mol. The van der Waals surface area contributed by atoms with Crippen LogP contribution in [0.4, 0.5) is 0 Å². The van der Waals surface area contributed by atoms with Crippen molar-refractivity contribution in [1.82, 2.24) is 0 Å². The summed E-state index contributed by atoms with van der Waals surface area (Å²) in [5.41, 5.74) is -0.448. The standard InChI is InChI=1S/C42H66O14/c1-37(2)14-16-42(36(52)56-34-30(48)27(45)26(44)22(19-43)53-34)17-15-40(6)20(21(42)18-37)8-9-24-39(5)12-11-25(38(3,4)23(39)10-13-41(24,40)7)54-35-31(49)28(46)29(47)32(55-35)33(50)51/h8,21-32,34-35,43-49H,9-19H2,1-7H3,(H,50,51)/t21-,22-,23?,24?,25?,26-,27+,28+,29+,30-,31-,32+,34+,35-,39+,40-,41-,42+/m1/s1. The van der Waals surface area contributed by atoms with E-state index in [1.165, 1.54) is 5.57 Å². The Morgan fingerprint density at radius 3 is 2.05 bits per heavy atom. The van der Waals surface area contributed by atoms with E-state index in [1.54, 1.807) is 0 Å². The average molecular weight is 795 g/mol. The third kappa shape index (κ3) is 6.17. The van der Waals surface area contributed by atoms with Gasteiger partial charge in [0.25, 0.3) is 0 Å². The van der Waals surface area contributed by atoms with E-state index >= 15 is 0 Å². The molecule has 0 aromatic carbocycles. The van der Waals surface area contributed by atoms with Gasteiger partial charge in [-0.2, -0.15) is 0 Å². The molecule has 7 aliphatic rings. The van der Waals surface area contributed by atoms with Crippen molar-refractivity contribution in [2.75, 3.05) is 6.61 Å². The van der Waals surface area contributed by atoms with Crippen molar-refractivity contribution in [3.05, 3.63) is 11.6 Å². The number of carboxylic acids is 1. The van der Waals surface area contributed by atoms with Crippen molar-refractivity contribution in [2.45, 2.75) is 180 Å². The highest BCUT2D eigenvalue weighted by molar-refractivity contribution is 5.79. The Kier molecular flexibility index (Phi) is 10.8. The van der Waals surface area contributed by atoms with Crippen LogP contribution < -0.4 is 0 Å². The van der Waals surface area contributed by atoms with Gasteiger partial charge < -0.3 is 59.8 Å². The first-order valence-corrected chi connectivity index (χ1v) is 20.8. The van der Waals surface area contributed by atoms with Gasteiger partial charge in [0.05, 0.1) is 18.1 Å². The summed E-state index contributed by atoms with van der Waals surface area (Å²) in [6, 6.07) is 0. The molecule has 6 fully saturated rings. The summed E-state index contributed by atoms with van der Waals surface area (Å²) in [5, 5.41) is 82.4. The molecule has 2 aliphatic heterocycles. The lowest BCUT2D eigenvalue weighted by molar-refractivity contribution is -0.324. The average Bonchev–Trinajstić information content (AvgIpc) is 3.12. The van der Waals surface area contributed by atoms with Crippen LogP contribution in [0.25, 0.3) is 0 Å². The van der Waals surface area contributed by atoms with Crippen LogP contribution in [0.2, 0.25) is 0 Å². The molecule has 2 heterocycles. The first-order valence-electron chi connectivity index (χ1n) is 20.8. The molecule has 8 N–H and O–H groups in total. The van der Waals surface area contributed by atoms with E-state index in [0.717, 1.165) is 44.9 Å². The van der Waals surface area contributed by atoms with Crippen LogP contribution in [0.15, 0.2) is 11.6 Å². The quantitative estimate of drug-likeness (QED) is 0.110. The number of hydrogen-bond donors (Lipinski definition) is 8. The van der Waals surface area contributed by atoms with Crippen molar-refractivity contribution in [1.29, 1.82) is 0 Å². The molecule has 18 atom stereocenters. The van der Waals surface area contributed by atoms with Gasteiger partial charge in [0, 0.05) is 0 Å². The van der Waals surface area contributed by atoms with Gasteiger partial charge in [-0.25, -0.2) is 4.79 Å². The third-order valence-corrected chi connectivity index (χ3v) is 17.2. The van der Waals surface area contributed by atoms with Crippen LogP contribution in [0.3, 0.4) is 0 Å². The molecule has 0 spiro atoms. The number of ether oxygens (including phenoxy) is 4. The molecule has 3 unspecified atom stereocenters. The second-order valence-electron chi connectivity index (χ2n) is 20.7. The Balaban J connectivity index is 1.16. The first kappa shape index (κ1) is 42.4. The largest absolute Gasteiger partial charge is 0.479 e. The van der Waals surface area contributed by atoms with Gasteiger partial charge in [0.2, 0.25) is 6.29 Å². The normalized spacial score (nSPS) is 52.3. The van der Waals surface area contributed by atoms with Crippen LogP contribution in [-0.2, 0) is 28.5 Å². The number of aliphatic hydroxyl groups excluding tert-OH is 7. The molecule has 7 rings (SSSR count). The summed E-state index contributed by atoms with van der Waals surface area (Å²) in [6.45, 7) is 15.5. The number of carboxylic acid groups (broad SMARTS) is 1.